The average Bonchev–Trinajstić information content (AvgIpc) is 3.48. The molecule has 1 aliphatic heterocycles. The van der Waals surface area contributed by atoms with Crippen molar-refractivity contribution in [2.45, 2.75) is 32.0 Å². The van der Waals surface area contributed by atoms with Crippen LogP contribution in [-0.4, -0.2) is 38.6 Å². The molecule has 1 fully saturated rings. The molecule has 0 aliphatic carbocycles. The van der Waals surface area contributed by atoms with Crippen LogP contribution in [0.5, 0.6) is 11.5 Å². The van der Waals surface area contributed by atoms with Crippen LogP contribution in [0.2, 0.25) is 0 Å². The van der Waals surface area contributed by atoms with Gasteiger partial charge >= 0.3 is 0 Å². The Morgan fingerprint density at radius 1 is 0.960 bits per heavy atom. The smallest absolute Gasteiger partial charge is 0.125 e. The number of aryl methyl sites for hydroxylation is 1. The lowest BCUT2D eigenvalue weighted by atomic mass is 10.1. The van der Waals surface area contributed by atoms with Gasteiger partial charge in [0, 0.05) is 0 Å². The summed E-state index contributed by atoms with van der Waals surface area (Å²) < 4.78 is 22.8. The highest BCUT2D eigenvalue weighted by Gasteiger charge is 2.24. The summed E-state index contributed by atoms with van der Waals surface area (Å²) >= 11 is 0. The van der Waals surface area contributed by atoms with Crippen LogP contribution in [0.1, 0.15) is 18.9 Å². The van der Waals surface area contributed by atoms with E-state index in [2.05, 4.69) is 19.1 Å². The molecule has 134 valence electrons. The van der Waals surface area contributed by atoms with Gasteiger partial charge in [-0.15, -0.1) is 0 Å². The SMILES string of the molecule is CCCc1ccc(OCC(COc2ccccc2)OCC2CO2)cc1. The lowest BCUT2D eigenvalue weighted by Gasteiger charge is -2.19. The van der Waals surface area contributed by atoms with Gasteiger partial charge in [0.2, 0.25) is 0 Å². The van der Waals surface area contributed by atoms with Crippen molar-refractivity contribution in [2.75, 3.05) is 26.4 Å². The monoisotopic (exact) mass is 342 g/mol. The molecular weight excluding hydrogens is 316 g/mol. The lowest BCUT2D eigenvalue weighted by Crippen LogP contribution is -2.30. The Kier molecular flexibility index (Phi) is 6.71. The van der Waals surface area contributed by atoms with Crippen LogP contribution in [0, 0.1) is 0 Å². The second kappa shape index (κ2) is 9.44. The molecule has 0 amide bonds. The molecule has 2 aromatic rings. The highest BCUT2D eigenvalue weighted by Crippen LogP contribution is 2.16. The van der Waals surface area contributed by atoms with Crippen LogP contribution < -0.4 is 9.47 Å². The number of para-hydroxylation sites is 1. The number of hydrogen-bond donors (Lipinski definition) is 0. The van der Waals surface area contributed by atoms with E-state index in [4.69, 9.17) is 18.9 Å². The van der Waals surface area contributed by atoms with Crippen LogP contribution in [-0.2, 0) is 15.9 Å². The summed E-state index contributed by atoms with van der Waals surface area (Å²) in [4.78, 5) is 0. The minimum absolute atomic E-state index is 0.139. The standard InChI is InChI=1S/C21H26O4/c1-2-6-17-9-11-19(12-10-17)23-14-20(24-15-21-16-25-21)13-22-18-7-4-3-5-8-18/h3-5,7-12,20-21H,2,6,13-16H2,1H3. The van der Waals surface area contributed by atoms with E-state index in [0.717, 1.165) is 30.9 Å². The first-order chi connectivity index (χ1) is 12.3. The summed E-state index contributed by atoms with van der Waals surface area (Å²) in [5.74, 6) is 1.69. The fourth-order valence-corrected chi connectivity index (χ4v) is 2.49. The van der Waals surface area contributed by atoms with Gasteiger partial charge in [0.05, 0.1) is 13.2 Å². The average molecular weight is 342 g/mol. The van der Waals surface area contributed by atoms with Gasteiger partial charge in [-0.1, -0.05) is 43.7 Å². The third kappa shape index (κ3) is 6.40. The maximum atomic E-state index is 5.90. The van der Waals surface area contributed by atoms with Crippen LogP contribution in [0.4, 0.5) is 0 Å². The number of benzene rings is 2. The zero-order valence-electron chi connectivity index (χ0n) is 14.7. The topological polar surface area (TPSA) is 40.2 Å². The number of rotatable bonds is 11. The van der Waals surface area contributed by atoms with Gasteiger partial charge in [-0.05, 0) is 36.2 Å². The van der Waals surface area contributed by atoms with Crippen molar-refractivity contribution in [3.8, 4) is 11.5 Å². The highest BCUT2D eigenvalue weighted by molar-refractivity contribution is 5.27. The number of ether oxygens (including phenoxy) is 4. The van der Waals surface area contributed by atoms with E-state index in [1.54, 1.807) is 0 Å². The van der Waals surface area contributed by atoms with E-state index < -0.39 is 0 Å². The summed E-state index contributed by atoms with van der Waals surface area (Å²) in [6.07, 6.45) is 2.33. The molecule has 25 heavy (non-hydrogen) atoms. The van der Waals surface area contributed by atoms with Crippen LogP contribution >= 0.6 is 0 Å². The zero-order chi connectivity index (χ0) is 17.3. The molecule has 0 bridgehead atoms. The largest absolute Gasteiger partial charge is 0.491 e. The van der Waals surface area contributed by atoms with Crippen molar-refractivity contribution >= 4 is 0 Å². The van der Waals surface area contributed by atoms with Gasteiger partial charge in [0.25, 0.3) is 0 Å². The maximum Gasteiger partial charge on any atom is 0.125 e. The Morgan fingerprint density at radius 2 is 1.60 bits per heavy atom. The summed E-state index contributed by atoms with van der Waals surface area (Å²) in [6.45, 7) is 4.45. The summed E-state index contributed by atoms with van der Waals surface area (Å²) in [6, 6.07) is 18.0. The molecule has 0 aromatic heterocycles. The van der Waals surface area contributed by atoms with E-state index >= 15 is 0 Å². The molecule has 2 atom stereocenters. The van der Waals surface area contributed by atoms with Gasteiger partial charge in [0.1, 0.15) is 36.9 Å². The predicted octanol–water partition coefficient (Wildman–Crippen LogP) is 3.88. The van der Waals surface area contributed by atoms with Crippen molar-refractivity contribution in [1.82, 2.24) is 0 Å². The predicted molar refractivity (Wildman–Crippen MR) is 97.3 cm³/mol. The molecule has 3 rings (SSSR count). The Bertz CT molecular complexity index is 608. The molecule has 4 nitrogen and oxygen atoms in total. The second-order valence-corrected chi connectivity index (χ2v) is 6.24. The molecule has 1 saturated heterocycles. The molecule has 0 spiro atoms. The molecule has 0 saturated carbocycles. The number of hydrogen-bond acceptors (Lipinski definition) is 4. The summed E-state index contributed by atoms with van der Waals surface area (Å²) in [7, 11) is 0. The number of epoxide rings is 1. The van der Waals surface area contributed by atoms with E-state index in [1.807, 2.05) is 42.5 Å². The van der Waals surface area contributed by atoms with Crippen LogP contribution in [0.15, 0.2) is 54.6 Å². The summed E-state index contributed by atoms with van der Waals surface area (Å²) in [5.41, 5.74) is 1.33. The van der Waals surface area contributed by atoms with Gasteiger partial charge in [0.15, 0.2) is 0 Å². The molecular formula is C21H26O4. The van der Waals surface area contributed by atoms with Gasteiger partial charge < -0.3 is 18.9 Å². The first kappa shape index (κ1) is 17.8. The minimum Gasteiger partial charge on any atom is -0.491 e. The molecule has 0 radical (unpaired) electrons. The van der Waals surface area contributed by atoms with E-state index in [1.165, 1.54) is 5.56 Å². The Balaban J connectivity index is 1.49. The minimum atomic E-state index is -0.139. The van der Waals surface area contributed by atoms with Crippen molar-refractivity contribution in [1.29, 1.82) is 0 Å². The normalized spacial score (nSPS) is 17.1. The van der Waals surface area contributed by atoms with Crippen molar-refractivity contribution in [3.63, 3.8) is 0 Å². The molecule has 0 N–H and O–H groups in total. The maximum absolute atomic E-state index is 5.90. The van der Waals surface area contributed by atoms with Crippen molar-refractivity contribution < 1.29 is 18.9 Å². The third-order valence-electron chi connectivity index (χ3n) is 4.00. The van der Waals surface area contributed by atoms with E-state index in [9.17, 15) is 0 Å². The molecule has 2 unspecified atom stereocenters. The van der Waals surface area contributed by atoms with Crippen molar-refractivity contribution in [2.24, 2.45) is 0 Å². The lowest BCUT2D eigenvalue weighted by molar-refractivity contribution is -0.0131. The van der Waals surface area contributed by atoms with Gasteiger partial charge in [-0.25, -0.2) is 0 Å². The zero-order valence-corrected chi connectivity index (χ0v) is 14.7. The highest BCUT2D eigenvalue weighted by atomic mass is 16.6. The van der Waals surface area contributed by atoms with E-state index in [0.29, 0.717) is 19.8 Å². The first-order valence-corrected chi connectivity index (χ1v) is 8.96. The van der Waals surface area contributed by atoms with E-state index in [-0.39, 0.29) is 12.2 Å². The second-order valence-electron chi connectivity index (χ2n) is 6.24. The molecule has 4 heteroatoms. The Hall–Kier alpha value is -2.04. The Labute approximate surface area is 149 Å². The van der Waals surface area contributed by atoms with Gasteiger partial charge in [-0.3, -0.25) is 0 Å². The van der Waals surface area contributed by atoms with Crippen LogP contribution in [0.25, 0.3) is 0 Å². The quantitative estimate of drug-likeness (QED) is 0.581. The Morgan fingerprint density at radius 3 is 2.20 bits per heavy atom. The fraction of sp³-hybridized carbons (Fsp3) is 0.429. The van der Waals surface area contributed by atoms with Crippen LogP contribution in [0.3, 0.4) is 0 Å². The first-order valence-electron chi connectivity index (χ1n) is 8.96. The molecule has 1 aliphatic rings. The molecule has 2 aromatic carbocycles. The van der Waals surface area contributed by atoms with Crippen molar-refractivity contribution in [3.05, 3.63) is 60.2 Å². The fourth-order valence-electron chi connectivity index (χ4n) is 2.49. The van der Waals surface area contributed by atoms with Gasteiger partial charge in [-0.2, -0.15) is 0 Å². The molecule has 1 heterocycles. The summed E-state index contributed by atoms with van der Waals surface area (Å²) in [5, 5.41) is 0. The third-order valence-corrected chi connectivity index (χ3v) is 4.00.